The smallest absolute Gasteiger partial charge is 0.164 e. The summed E-state index contributed by atoms with van der Waals surface area (Å²) in [5.41, 5.74) is 8.25. The van der Waals surface area contributed by atoms with Gasteiger partial charge < -0.3 is 8.83 Å². The van der Waals surface area contributed by atoms with E-state index < -0.39 is 0 Å². The van der Waals surface area contributed by atoms with Crippen molar-refractivity contribution in [2.45, 2.75) is 0 Å². The lowest BCUT2D eigenvalue weighted by Gasteiger charge is -2.09. The van der Waals surface area contributed by atoms with Crippen LogP contribution in [0.2, 0.25) is 0 Å². The number of fused-ring (bicyclic) bond motifs is 9. The van der Waals surface area contributed by atoms with Crippen LogP contribution < -0.4 is 0 Å². The van der Waals surface area contributed by atoms with E-state index in [4.69, 9.17) is 23.8 Å². The first-order chi connectivity index (χ1) is 25.2. The molecule has 4 heterocycles. The Labute approximate surface area is 295 Å². The zero-order valence-electron chi connectivity index (χ0n) is 27.0. The van der Waals surface area contributed by atoms with E-state index in [1.54, 1.807) is 0 Å². The number of nitrogens with zero attached hydrogens (tertiary/aromatic N) is 3. The summed E-state index contributed by atoms with van der Waals surface area (Å²) in [7, 11) is 0. The number of benzene rings is 7. The van der Waals surface area contributed by atoms with E-state index in [2.05, 4.69) is 91.0 Å². The standard InChI is InChI=1S/C45H25N3O2S/c1-2-10-26(11-3-1)43-46-44(27-20-22-30-29-12-4-6-16-35(29)49-37(30)24-27)48-45(47-43)28-21-23-33-38(25-28)50-36-17-8-14-31(41(33)36)32-15-9-19-40-42(32)34-13-5-7-18-39(34)51-40/h1-25H. The average Bonchev–Trinajstić information content (AvgIpc) is 3.88. The molecule has 7 aromatic carbocycles. The highest BCUT2D eigenvalue weighted by Gasteiger charge is 2.19. The third-order valence-electron chi connectivity index (χ3n) is 9.75. The summed E-state index contributed by atoms with van der Waals surface area (Å²) in [5.74, 6) is 1.74. The lowest BCUT2D eigenvalue weighted by Crippen LogP contribution is -2.00. The van der Waals surface area contributed by atoms with Crippen molar-refractivity contribution < 1.29 is 8.83 Å². The van der Waals surface area contributed by atoms with Crippen molar-refractivity contribution in [3.05, 3.63) is 152 Å². The minimum Gasteiger partial charge on any atom is -0.456 e. The van der Waals surface area contributed by atoms with Gasteiger partial charge in [0.2, 0.25) is 0 Å². The Balaban J connectivity index is 1.08. The third kappa shape index (κ3) is 4.43. The molecule has 0 radical (unpaired) electrons. The first kappa shape index (κ1) is 28.2. The molecule has 0 N–H and O–H groups in total. The lowest BCUT2D eigenvalue weighted by molar-refractivity contribution is 0.668. The second-order valence-electron chi connectivity index (χ2n) is 12.8. The van der Waals surface area contributed by atoms with Gasteiger partial charge in [-0.3, -0.25) is 0 Å². The molecular formula is C45H25N3O2S. The molecule has 11 aromatic rings. The molecule has 4 aromatic heterocycles. The van der Waals surface area contributed by atoms with Gasteiger partial charge in [-0.2, -0.15) is 0 Å². The molecule has 0 saturated carbocycles. The summed E-state index contributed by atoms with van der Waals surface area (Å²) in [6.45, 7) is 0. The van der Waals surface area contributed by atoms with Gasteiger partial charge in [-0.25, -0.2) is 15.0 Å². The molecule has 11 rings (SSSR count). The van der Waals surface area contributed by atoms with E-state index in [0.29, 0.717) is 17.5 Å². The number of aromatic nitrogens is 3. The second-order valence-corrected chi connectivity index (χ2v) is 13.8. The predicted molar refractivity (Wildman–Crippen MR) is 209 cm³/mol. The van der Waals surface area contributed by atoms with Crippen molar-refractivity contribution in [1.29, 1.82) is 0 Å². The van der Waals surface area contributed by atoms with Crippen LogP contribution in [0.4, 0.5) is 0 Å². The minimum absolute atomic E-state index is 0.570. The Bertz CT molecular complexity index is 3160. The molecule has 51 heavy (non-hydrogen) atoms. The average molecular weight is 672 g/mol. The molecular weight excluding hydrogens is 647 g/mol. The molecule has 0 fully saturated rings. The van der Waals surface area contributed by atoms with Crippen molar-refractivity contribution in [2.75, 3.05) is 0 Å². The van der Waals surface area contributed by atoms with Crippen LogP contribution >= 0.6 is 11.3 Å². The molecule has 0 spiro atoms. The molecule has 0 bridgehead atoms. The fraction of sp³-hybridized carbons (Fsp3) is 0. The molecule has 6 heteroatoms. The van der Waals surface area contributed by atoms with Crippen LogP contribution in [0.15, 0.2) is 160 Å². The molecule has 0 saturated heterocycles. The Morgan fingerprint density at radius 3 is 1.71 bits per heavy atom. The number of hydrogen-bond acceptors (Lipinski definition) is 6. The SMILES string of the molecule is c1ccc(-c2nc(-c3ccc4c(c3)oc3ccccc34)nc(-c3ccc4c(c3)oc3cccc(-c5cccc6sc7ccccc7c56)c34)n2)cc1. The fourth-order valence-electron chi connectivity index (χ4n) is 7.40. The lowest BCUT2D eigenvalue weighted by atomic mass is 9.95. The quantitative estimate of drug-likeness (QED) is 0.186. The van der Waals surface area contributed by atoms with Crippen LogP contribution in [0.5, 0.6) is 0 Å². The van der Waals surface area contributed by atoms with Gasteiger partial charge in [0.25, 0.3) is 0 Å². The van der Waals surface area contributed by atoms with E-state index >= 15 is 0 Å². The highest BCUT2D eigenvalue weighted by atomic mass is 32.1. The molecule has 5 nitrogen and oxygen atoms in total. The molecule has 0 unspecified atom stereocenters. The van der Waals surface area contributed by atoms with Crippen LogP contribution in [-0.2, 0) is 0 Å². The molecule has 0 atom stereocenters. The van der Waals surface area contributed by atoms with Gasteiger partial charge >= 0.3 is 0 Å². The molecule has 238 valence electrons. The Morgan fingerprint density at radius 1 is 0.353 bits per heavy atom. The van der Waals surface area contributed by atoms with E-state index in [0.717, 1.165) is 66.1 Å². The van der Waals surface area contributed by atoms with Crippen LogP contribution in [0, 0.1) is 0 Å². The monoisotopic (exact) mass is 671 g/mol. The second kappa shape index (κ2) is 10.9. The highest BCUT2D eigenvalue weighted by Crippen LogP contribution is 2.44. The molecule has 0 aliphatic heterocycles. The molecule has 0 aliphatic carbocycles. The van der Waals surface area contributed by atoms with Crippen molar-refractivity contribution in [1.82, 2.24) is 15.0 Å². The molecule has 0 amide bonds. The minimum atomic E-state index is 0.570. The maximum Gasteiger partial charge on any atom is 0.164 e. The largest absolute Gasteiger partial charge is 0.456 e. The van der Waals surface area contributed by atoms with Gasteiger partial charge in [0.05, 0.1) is 0 Å². The van der Waals surface area contributed by atoms with Crippen molar-refractivity contribution in [3.8, 4) is 45.3 Å². The van der Waals surface area contributed by atoms with Crippen LogP contribution in [0.3, 0.4) is 0 Å². The van der Waals surface area contributed by atoms with Gasteiger partial charge in [-0.05, 0) is 59.7 Å². The number of rotatable bonds is 4. The normalized spacial score (nSPS) is 11.9. The van der Waals surface area contributed by atoms with Gasteiger partial charge in [-0.15, -0.1) is 11.3 Å². The van der Waals surface area contributed by atoms with Gasteiger partial charge in [-0.1, -0.05) is 103 Å². The summed E-state index contributed by atoms with van der Waals surface area (Å²) in [4.78, 5) is 15.0. The summed E-state index contributed by atoms with van der Waals surface area (Å²) in [5, 5.41) is 6.85. The maximum atomic E-state index is 6.58. The first-order valence-corrected chi connectivity index (χ1v) is 17.7. The first-order valence-electron chi connectivity index (χ1n) is 16.8. The van der Waals surface area contributed by atoms with E-state index in [1.165, 1.54) is 25.7 Å². The number of para-hydroxylation sites is 1. The third-order valence-corrected chi connectivity index (χ3v) is 10.9. The predicted octanol–water partition coefficient (Wildman–Crippen LogP) is 12.7. The number of furan rings is 2. The molecule has 0 aliphatic rings. The number of hydrogen-bond donors (Lipinski definition) is 0. The Morgan fingerprint density at radius 2 is 0.902 bits per heavy atom. The highest BCUT2D eigenvalue weighted by molar-refractivity contribution is 7.25. The zero-order chi connectivity index (χ0) is 33.5. The van der Waals surface area contributed by atoms with E-state index in [1.807, 2.05) is 72.0 Å². The topological polar surface area (TPSA) is 65.0 Å². The van der Waals surface area contributed by atoms with E-state index in [-0.39, 0.29) is 0 Å². The van der Waals surface area contributed by atoms with Crippen molar-refractivity contribution in [2.24, 2.45) is 0 Å². The van der Waals surface area contributed by atoms with E-state index in [9.17, 15) is 0 Å². The van der Waals surface area contributed by atoms with Crippen LogP contribution in [0.1, 0.15) is 0 Å². The van der Waals surface area contributed by atoms with Crippen molar-refractivity contribution >= 4 is 75.4 Å². The fourth-order valence-corrected chi connectivity index (χ4v) is 8.54. The summed E-state index contributed by atoms with van der Waals surface area (Å²) in [6, 6.07) is 52.1. The summed E-state index contributed by atoms with van der Waals surface area (Å²) >= 11 is 1.83. The van der Waals surface area contributed by atoms with Crippen LogP contribution in [0.25, 0.3) is 109 Å². The number of thiophene rings is 1. The zero-order valence-corrected chi connectivity index (χ0v) is 27.8. The Hall–Kier alpha value is -6.63. The van der Waals surface area contributed by atoms with Gasteiger partial charge in [0, 0.05) is 58.4 Å². The Kier molecular flexibility index (Phi) is 6.05. The maximum absolute atomic E-state index is 6.58. The van der Waals surface area contributed by atoms with Gasteiger partial charge in [0.1, 0.15) is 22.3 Å². The van der Waals surface area contributed by atoms with Crippen LogP contribution in [-0.4, -0.2) is 15.0 Å². The summed E-state index contributed by atoms with van der Waals surface area (Å²) < 4.78 is 15.4. The summed E-state index contributed by atoms with van der Waals surface area (Å²) in [6.07, 6.45) is 0. The van der Waals surface area contributed by atoms with Gasteiger partial charge in [0.15, 0.2) is 17.5 Å². The van der Waals surface area contributed by atoms with Crippen molar-refractivity contribution in [3.63, 3.8) is 0 Å².